The van der Waals surface area contributed by atoms with Crippen LogP contribution >= 0.6 is 15.9 Å². The number of likely N-dealkylation sites (tertiary alicyclic amines) is 1. The Hall–Kier alpha value is -1.63. The molecule has 7 heteroatoms. The smallest absolute Gasteiger partial charge is 0.321 e. The maximum absolute atomic E-state index is 12.0. The summed E-state index contributed by atoms with van der Waals surface area (Å²) in [6.07, 6.45) is 3.62. The van der Waals surface area contributed by atoms with Gasteiger partial charge < -0.3 is 15.3 Å². The number of halogens is 1. The van der Waals surface area contributed by atoms with Gasteiger partial charge >= 0.3 is 12.0 Å². The van der Waals surface area contributed by atoms with Crippen molar-refractivity contribution in [3.05, 3.63) is 22.9 Å². The molecule has 2 N–H and O–H groups in total. The predicted octanol–water partition coefficient (Wildman–Crippen LogP) is 2.17. The lowest BCUT2D eigenvalue weighted by Crippen LogP contribution is -2.37. The molecular formula is C12H14BrN3O3. The van der Waals surface area contributed by atoms with Crippen LogP contribution in [0.1, 0.15) is 13.3 Å². The van der Waals surface area contributed by atoms with Crippen LogP contribution in [0.15, 0.2) is 22.9 Å². The van der Waals surface area contributed by atoms with Gasteiger partial charge in [-0.3, -0.25) is 9.78 Å². The van der Waals surface area contributed by atoms with Gasteiger partial charge in [0.05, 0.1) is 17.3 Å². The highest BCUT2D eigenvalue weighted by atomic mass is 79.9. The second kappa shape index (κ2) is 5.16. The van der Waals surface area contributed by atoms with Crippen LogP contribution < -0.4 is 5.32 Å². The number of pyridine rings is 1. The minimum atomic E-state index is -0.869. The maximum Gasteiger partial charge on any atom is 0.321 e. The van der Waals surface area contributed by atoms with Gasteiger partial charge in [0.1, 0.15) is 0 Å². The van der Waals surface area contributed by atoms with Crippen LogP contribution in [0.4, 0.5) is 10.5 Å². The van der Waals surface area contributed by atoms with Crippen molar-refractivity contribution in [2.75, 3.05) is 18.4 Å². The highest BCUT2D eigenvalue weighted by molar-refractivity contribution is 9.10. The number of carboxylic acid groups (broad SMARTS) is 1. The number of urea groups is 1. The topological polar surface area (TPSA) is 82.5 Å². The van der Waals surface area contributed by atoms with Crippen LogP contribution in [-0.2, 0) is 4.79 Å². The molecule has 2 rings (SSSR count). The molecule has 1 aliphatic heterocycles. The Balaban J connectivity index is 2.01. The fourth-order valence-electron chi connectivity index (χ4n) is 1.99. The summed E-state index contributed by atoms with van der Waals surface area (Å²) in [6, 6.07) is 1.43. The number of carbonyl (C=O) groups is 2. The van der Waals surface area contributed by atoms with Gasteiger partial charge in [0.2, 0.25) is 0 Å². The first-order chi connectivity index (χ1) is 8.90. The molecular weight excluding hydrogens is 314 g/mol. The fourth-order valence-corrected chi connectivity index (χ4v) is 2.36. The average molecular weight is 328 g/mol. The minimum Gasteiger partial charge on any atom is -0.481 e. The van der Waals surface area contributed by atoms with Crippen molar-refractivity contribution in [1.29, 1.82) is 0 Å². The van der Waals surface area contributed by atoms with Crippen LogP contribution in [0.5, 0.6) is 0 Å². The van der Waals surface area contributed by atoms with Gasteiger partial charge in [0, 0.05) is 23.8 Å². The first-order valence-corrected chi connectivity index (χ1v) is 6.60. The summed E-state index contributed by atoms with van der Waals surface area (Å²) < 4.78 is 0.766. The van der Waals surface area contributed by atoms with E-state index in [2.05, 4.69) is 26.2 Å². The third kappa shape index (κ3) is 3.04. The van der Waals surface area contributed by atoms with Gasteiger partial charge in [-0.2, -0.15) is 0 Å². The Bertz CT molecular complexity index is 523. The fraction of sp³-hybridized carbons (Fsp3) is 0.417. The van der Waals surface area contributed by atoms with E-state index in [1.807, 2.05) is 0 Å². The highest BCUT2D eigenvalue weighted by Crippen LogP contribution is 2.30. The number of carbonyl (C=O) groups excluding carboxylic acids is 1. The Labute approximate surface area is 118 Å². The number of hydrogen-bond donors (Lipinski definition) is 2. The van der Waals surface area contributed by atoms with Gasteiger partial charge in [0.25, 0.3) is 0 Å². The van der Waals surface area contributed by atoms with Crippen molar-refractivity contribution in [2.24, 2.45) is 5.41 Å². The van der Waals surface area contributed by atoms with Crippen molar-refractivity contribution in [2.45, 2.75) is 13.3 Å². The number of aromatic nitrogens is 1. The molecule has 1 unspecified atom stereocenters. The maximum atomic E-state index is 12.0. The number of nitrogens with zero attached hydrogens (tertiary/aromatic N) is 2. The zero-order valence-corrected chi connectivity index (χ0v) is 12.0. The Morgan fingerprint density at radius 2 is 2.26 bits per heavy atom. The van der Waals surface area contributed by atoms with E-state index in [0.717, 1.165) is 4.47 Å². The monoisotopic (exact) mass is 327 g/mol. The molecule has 1 saturated heterocycles. The molecule has 1 aromatic rings. The third-order valence-corrected chi connectivity index (χ3v) is 3.67. The van der Waals surface area contributed by atoms with Gasteiger partial charge in [-0.25, -0.2) is 4.79 Å². The largest absolute Gasteiger partial charge is 0.481 e. The van der Waals surface area contributed by atoms with Crippen molar-refractivity contribution in [1.82, 2.24) is 9.88 Å². The molecule has 0 aromatic carbocycles. The van der Waals surface area contributed by atoms with Crippen molar-refractivity contribution >= 4 is 33.6 Å². The van der Waals surface area contributed by atoms with Gasteiger partial charge in [-0.1, -0.05) is 0 Å². The van der Waals surface area contributed by atoms with Gasteiger partial charge in [-0.15, -0.1) is 0 Å². The number of aliphatic carboxylic acids is 1. The number of amides is 2. The molecule has 1 aromatic heterocycles. The number of anilines is 1. The summed E-state index contributed by atoms with van der Waals surface area (Å²) in [7, 11) is 0. The standard InChI is InChI=1S/C12H14BrN3O3/c1-12(10(17)18)2-3-16(7-12)11(19)15-9-4-8(13)5-14-6-9/h4-6H,2-3,7H2,1H3,(H,15,19)(H,17,18). The summed E-state index contributed by atoms with van der Waals surface area (Å²) in [4.78, 5) is 28.6. The molecule has 1 fully saturated rings. The molecule has 19 heavy (non-hydrogen) atoms. The van der Waals surface area contributed by atoms with Crippen LogP contribution in [0.2, 0.25) is 0 Å². The van der Waals surface area contributed by atoms with E-state index >= 15 is 0 Å². The minimum absolute atomic E-state index is 0.218. The van der Waals surface area contributed by atoms with E-state index in [1.54, 1.807) is 19.2 Å². The number of nitrogens with one attached hydrogen (secondary N) is 1. The molecule has 0 spiro atoms. The van der Waals surface area contributed by atoms with Crippen molar-refractivity contribution in [3.8, 4) is 0 Å². The lowest BCUT2D eigenvalue weighted by molar-refractivity contribution is -0.146. The Morgan fingerprint density at radius 1 is 1.53 bits per heavy atom. The van der Waals surface area contributed by atoms with Crippen molar-refractivity contribution in [3.63, 3.8) is 0 Å². The second-order valence-corrected chi connectivity index (χ2v) is 5.78. The first kappa shape index (κ1) is 13.8. The number of carboxylic acids is 1. The lowest BCUT2D eigenvalue weighted by atomic mass is 9.90. The average Bonchev–Trinajstić information content (AvgIpc) is 2.73. The molecule has 1 aliphatic rings. The SMILES string of the molecule is CC1(C(=O)O)CCN(C(=O)Nc2cncc(Br)c2)C1. The van der Waals surface area contributed by atoms with Gasteiger partial charge in [0.15, 0.2) is 0 Å². The summed E-state index contributed by atoms with van der Waals surface area (Å²) in [5.41, 5.74) is -0.282. The zero-order valence-electron chi connectivity index (χ0n) is 10.4. The number of rotatable bonds is 2. The van der Waals surface area contributed by atoms with Crippen LogP contribution in [-0.4, -0.2) is 40.1 Å². The summed E-state index contributed by atoms with van der Waals surface area (Å²) in [6.45, 7) is 2.31. The van der Waals surface area contributed by atoms with Crippen LogP contribution in [0.3, 0.4) is 0 Å². The van der Waals surface area contributed by atoms with Crippen LogP contribution in [0.25, 0.3) is 0 Å². The number of hydrogen-bond acceptors (Lipinski definition) is 3. The normalized spacial score (nSPS) is 22.3. The molecule has 2 heterocycles. The first-order valence-electron chi connectivity index (χ1n) is 5.81. The van der Waals surface area contributed by atoms with E-state index in [0.29, 0.717) is 18.7 Å². The lowest BCUT2D eigenvalue weighted by Gasteiger charge is -2.20. The summed E-state index contributed by atoms with van der Waals surface area (Å²) in [5.74, 6) is -0.869. The van der Waals surface area contributed by atoms with E-state index in [4.69, 9.17) is 5.11 Å². The molecule has 0 saturated carbocycles. The predicted molar refractivity (Wildman–Crippen MR) is 72.9 cm³/mol. The molecule has 0 aliphatic carbocycles. The Morgan fingerprint density at radius 3 is 2.84 bits per heavy atom. The quantitative estimate of drug-likeness (QED) is 0.872. The molecule has 0 bridgehead atoms. The van der Waals surface area contributed by atoms with Gasteiger partial charge in [-0.05, 0) is 35.3 Å². The molecule has 6 nitrogen and oxygen atoms in total. The molecule has 2 amide bonds. The zero-order chi connectivity index (χ0) is 14.0. The third-order valence-electron chi connectivity index (χ3n) is 3.23. The summed E-state index contributed by atoms with van der Waals surface area (Å²) >= 11 is 3.27. The van der Waals surface area contributed by atoms with Crippen molar-refractivity contribution < 1.29 is 14.7 Å². The highest BCUT2D eigenvalue weighted by Gasteiger charge is 2.42. The summed E-state index contributed by atoms with van der Waals surface area (Å²) in [5, 5.41) is 11.8. The van der Waals surface area contributed by atoms with E-state index < -0.39 is 11.4 Å². The van der Waals surface area contributed by atoms with E-state index in [9.17, 15) is 9.59 Å². The Kier molecular flexibility index (Phi) is 3.75. The van der Waals surface area contributed by atoms with E-state index in [1.165, 1.54) is 11.1 Å². The van der Waals surface area contributed by atoms with E-state index in [-0.39, 0.29) is 12.6 Å². The molecule has 1 atom stereocenters. The molecule has 102 valence electrons. The molecule has 0 radical (unpaired) electrons. The second-order valence-electron chi connectivity index (χ2n) is 4.86. The van der Waals surface area contributed by atoms with Crippen LogP contribution in [0, 0.1) is 5.41 Å².